The number of aliphatic hydroxyl groups is 1. The van der Waals surface area contributed by atoms with E-state index >= 15 is 0 Å². The average molecular weight is 481 g/mol. The van der Waals surface area contributed by atoms with Crippen LogP contribution in [-0.4, -0.2) is 64.3 Å². The van der Waals surface area contributed by atoms with Gasteiger partial charge in [0.05, 0.1) is 11.5 Å². The maximum Gasteiger partial charge on any atom is 0.410 e. The lowest BCUT2D eigenvalue weighted by molar-refractivity contribution is -0.143. The molecule has 2 amide bonds. The first-order valence-electron chi connectivity index (χ1n) is 10.8. The van der Waals surface area contributed by atoms with Gasteiger partial charge in [-0.25, -0.2) is 4.79 Å². The van der Waals surface area contributed by atoms with Crippen LogP contribution in [0.4, 0.5) is 4.79 Å². The number of hydrogen-bond donors (Lipinski definition) is 1. The molecule has 1 aromatic carbocycles. The number of halogens is 1. The lowest BCUT2D eigenvalue weighted by atomic mass is 9.72. The minimum absolute atomic E-state index is 0.0601. The molecule has 2 fully saturated rings. The molecule has 1 N–H and O–H groups in total. The maximum atomic E-state index is 13.7. The molecule has 0 aromatic heterocycles. The smallest absolute Gasteiger partial charge is 0.410 e. The molecule has 1 saturated carbocycles. The van der Waals surface area contributed by atoms with E-state index < -0.39 is 17.1 Å². The van der Waals surface area contributed by atoms with Gasteiger partial charge in [-0.15, -0.1) is 0 Å². The highest BCUT2D eigenvalue weighted by molar-refractivity contribution is 9.10. The number of carbonyl (C=O) groups is 2. The zero-order valence-electron chi connectivity index (χ0n) is 18.2. The second kappa shape index (κ2) is 9.27. The molecular weight excluding hydrogens is 448 g/mol. The highest BCUT2D eigenvalue weighted by Crippen LogP contribution is 2.43. The highest BCUT2D eigenvalue weighted by Gasteiger charge is 2.46. The lowest BCUT2D eigenvalue weighted by Crippen LogP contribution is -2.55. The van der Waals surface area contributed by atoms with Gasteiger partial charge in [0.2, 0.25) is 5.91 Å². The number of carbonyl (C=O) groups excluding carboxylic acids is 2. The first-order chi connectivity index (χ1) is 14.1. The Hall–Kier alpha value is -1.60. The molecule has 3 rings (SSSR count). The molecule has 0 bridgehead atoms. The fourth-order valence-corrected chi connectivity index (χ4v) is 4.95. The Morgan fingerprint density at radius 3 is 2.17 bits per heavy atom. The lowest BCUT2D eigenvalue weighted by Gasteiger charge is -2.43. The van der Waals surface area contributed by atoms with E-state index in [4.69, 9.17) is 4.74 Å². The summed E-state index contributed by atoms with van der Waals surface area (Å²) in [6.45, 7) is 7.28. The van der Waals surface area contributed by atoms with E-state index in [-0.39, 0.29) is 12.0 Å². The third-order valence-corrected chi connectivity index (χ3v) is 6.69. The average Bonchev–Trinajstić information content (AvgIpc) is 2.69. The Labute approximate surface area is 187 Å². The van der Waals surface area contributed by atoms with Crippen LogP contribution < -0.4 is 0 Å². The Balaban J connectivity index is 1.76. The van der Waals surface area contributed by atoms with Crippen molar-refractivity contribution < 1.29 is 19.4 Å². The molecule has 0 radical (unpaired) electrons. The summed E-state index contributed by atoms with van der Waals surface area (Å²) in [6.07, 6.45) is 3.86. The monoisotopic (exact) mass is 480 g/mol. The summed E-state index contributed by atoms with van der Waals surface area (Å²) in [6, 6.07) is 7.67. The van der Waals surface area contributed by atoms with Crippen molar-refractivity contribution in [1.82, 2.24) is 9.80 Å². The zero-order valence-corrected chi connectivity index (χ0v) is 19.8. The summed E-state index contributed by atoms with van der Waals surface area (Å²) in [7, 11) is 0. The van der Waals surface area contributed by atoms with Crippen LogP contribution in [0.15, 0.2) is 28.7 Å². The van der Waals surface area contributed by atoms with Crippen molar-refractivity contribution in [3.63, 3.8) is 0 Å². The standard InChI is InChI=1S/C23H33BrN2O4/c1-22(2,3)30-21(28)26-15-13-25(14-16-26)20(27)19(17-9-5-6-10-18(17)24)23(29)11-7-4-8-12-23/h5-6,9-10,19,29H,4,7-8,11-16H2,1-3H3. The Bertz CT molecular complexity index is 763. The summed E-state index contributed by atoms with van der Waals surface area (Å²) in [4.78, 5) is 29.5. The Morgan fingerprint density at radius 2 is 1.60 bits per heavy atom. The van der Waals surface area contributed by atoms with Gasteiger partial charge in [-0.1, -0.05) is 53.4 Å². The van der Waals surface area contributed by atoms with E-state index in [9.17, 15) is 14.7 Å². The van der Waals surface area contributed by atoms with Crippen molar-refractivity contribution in [2.24, 2.45) is 0 Å². The third kappa shape index (κ3) is 5.35. The van der Waals surface area contributed by atoms with Crippen LogP contribution in [0.2, 0.25) is 0 Å². The number of piperazine rings is 1. The molecule has 1 aliphatic carbocycles. The van der Waals surface area contributed by atoms with E-state index in [0.29, 0.717) is 39.0 Å². The number of ether oxygens (including phenoxy) is 1. The van der Waals surface area contributed by atoms with Crippen molar-refractivity contribution in [1.29, 1.82) is 0 Å². The van der Waals surface area contributed by atoms with E-state index in [1.165, 1.54) is 0 Å². The SMILES string of the molecule is CC(C)(C)OC(=O)N1CCN(C(=O)C(c2ccccc2Br)C2(O)CCCCC2)CC1. The van der Waals surface area contributed by atoms with Gasteiger partial charge in [0, 0.05) is 30.7 Å². The second-order valence-electron chi connectivity index (χ2n) is 9.41. The largest absolute Gasteiger partial charge is 0.444 e. The van der Waals surface area contributed by atoms with Gasteiger partial charge in [-0.2, -0.15) is 0 Å². The molecule has 1 aromatic rings. The fraction of sp³-hybridized carbons (Fsp3) is 0.652. The number of rotatable bonds is 3. The van der Waals surface area contributed by atoms with Gasteiger partial charge in [0.15, 0.2) is 0 Å². The molecular formula is C23H33BrN2O4. The fourth-order valence-electron chi connectivity index (χ4n) is 4.43. The number of hydrogen-bond acceptors (Lipinski definition) is 4. The normalized spacial score (nSPS) is 20.6. The number of benzene rings is 1. The van der Waals surface area contributed by atoms with Gasteiger partial charge in [0.1, 0.15) is 5.60 Å². The van der Waals surface area contributed by atoms with Crippen LogP contribution in [0.1, 0.15) is 64.4 Å². The summed E-state index contributed by atoms with van der Waals surface area (Å²) >= 11 is 3.59. The van der Waals surface area contributed by atoms with Crippen molar-refractivity contribution in [3.8, 4) is 0 Å². The predicted octanol–water partition coefficient (Wildman–Crippen LogP) is 4.31. The molecule has 30 heavy (non-hydrogen) atoms. The number of amides is 2. The first kappa shape index (κ1) is 23.1. The first-order valence-corrected chi connectivity index (χ1v) is 11.6. The Kier molecular flexibility index (Phi) is 7.13. The molecule has 1 unspecified atom stereocenters. The van der Waals surface area contributed by atoms with Gasteiger partial charge in [0.25, 0.3) is 0 Å². The van der Waals surface area contributed by atoms with Crippen molar-refractivity contribution >= 4 is 27.9 Å². The molecule has 166 valence electrons. The molecule has 6 nitrogen and oxygen atoms in total. The van der Waals surface area contributed by atoms with Crippen LogP contribution in [0.25, 0.3) is 0 Å². The quantitative estimate of drug-likeness (QED) is 0.699. The summed E-state index contributed by atoms with van der Waals surface area (Å²) in [5.41, 5.74) is -0.748. The van der Waals surface area contributed by atoms with Gasteiger partial charge >= 0.3 is 6.09 Å². The molecule has 1 aliphatic heterocycles. The van der Waals surface area contributed by atoms with Crippen LogP contribution in [0.3, 0.4) is 0 Å². The van der Waals surface area contributed by atoms with Crippen molar-refractivity contribution in [2.75, 3.05) is 26.2 Å². The van der Waals surface area contributed by atoms with E-state index in [0.717, 1.165) is 29.3 Å². The van der Waals surface area contributed by atoms with Gasteiger partial charge < -0.3 is 19.6 Å². The van der Waals surface area contributed by atoms with Gasteiger partial charge in [-0.05, 0) is 45.2 Å². The Morgan fingerprint density at radius 1 is 1.03 bits per heavy atom. The van der Waals surface area contributed by atoms with Crippen molar-refractivity contribution in [2.45, 2.75) is 70.0 Å². The van der Waals surface area contributed by atoms with Crippen LogP contribution >= 0.6 is 15.9 Å². The van der Waals surface area contributed by atoms with Gasteiger partial charge in [-0.3, -0.25) is 4.79 Å². The van der Waals surface area contributed by atoms with Crippen LogP contribution in [0.5, 0.6) is 0 Å². The van der Waals surface area contributed by atoms with E-state index in [1.807, 2.05) is 45.0 Å². The highest BCUT2D eigenvalue weighted by atomic mass is 79.9. The molecule has 1 heterocycles. The zero-order chi connectivity index (χ0) is 21.9. The maximum absolute atomic E-state index is 13.7. The molecule has 0 spiro atoms. The molecule has 2 aliphatic rings. The molecule has 7 heteroatoms. The summed E-state index contributed by atoms with van der Waals surface area (Å²) in [5, 5.41) is 11.5. The minimum atomic E-state index is -1.04. The van der Waals surface area contributed by atoms with Crippen LogP contribution in [-0.2, 0) is 9.53 Å². The molecule has 1 atom stereocenters. The predicted molar refractivity (Wildman–Crippen MR) is 119 cm³/mol. The third-order valence-electron chi connectivity index (χ3n) is 5.96. The topological polar surface area (TPSA) is 70.1 Å². The second-order valence-corrected chi connectivity index (χ2v) is 10.3. The number of nitrogens with zero attached hydrogens (tertiary/aromatic N) is 2. The summed E-state index contributed by atoms with van der Waals surface area (Å²) < 4.78 is 6.30. The summed E-state index contributed by atoms with van der Waals surface area (Å²) in [5.74, 6) is -0.670. The van der Waals surface area contributed by atoms with Crippen LogP contribution in [0, 0.1) is 0 Å². The van der Waals surface area contributed by atoms with Crippen molar-refractivity contribution in [3.05, 3.63) is 34.3 Å². The molecule has 1 saturated heterocycles. The van der Waals surface area contributed by atoms with E-state index in [2.05, 4.69) is 15.9 Å². The minimum Gasteiger partial charge on any atom is -0.444 e. The van der Waals surface area contributed by atoms with E-state index in [1.54, 1.807) is 9.80 Å².